The molecule has 0 spiro atoms. The Morgan fingerprint density at radius 1 is 1.19 bits per heavy atom. The highest BCUT2D eigenvalue weighted by Crippen LogP contribution is 2.30. The van der Waals surface area contributed by atoms with Gasteiger partial charge in [0, 0.05) is 5.38 Å². The molecule has 3 rings (SSSR count). The van der Waals surface area contributed by atoms with Gasteiger partial charge in [-0.15, -0.1) is 22.7 Å². The summed E-state index contributed by atoms with van der Waals surface area (Å²) in [6.45, 7) is 1.94. The molecule has 1 aromatic carbocycles. The molecule has 1 amide bonds. The molecule has 1 atom stereocenters. The number of benzene rings is 1. The van der Waals surface area contributed by atoms with E-state index in [1.165, 1.54) is 0 Å². The number of thiophene rings is 1. The Labute approximate surface area is 160 Å². The summed E-state index contributed by atoms with van der Waals surface area (Å²) < 4.78 is 10.6. The zero-order valence-electron chi connectivity index (χ0n) is 14.8. The fourth-order valence-corrected chi connectivity index (χ4v) is 4.20. The molecule has 7 heteroatoms. The van der Waals surface area contributed by atoms with Crippen LogP contribution in [-0.2, 0) is 11.2 Å². The topological polar surface area (TPSA) is 60.5 Å². The highest BCUT2D eigenvalue weighted by atomic mass is 32.1. The molecule has 0 aliphatic heterocycles. The molecule has 5 nitrogen and oxygen atoms in total. The third kappa shape index (κ3) is 4.23. The molecule has 0 saturated carbocycles. The van der Waals surface area contributed by atoms with Gasteiger partial charge in [-0.3, -0.25) is 4.79 Å². The van der Waals surface area contributed by atoms with Crippen LogP contribution in [0.15, 0.2) is 41.1 Å². The second-order valence-corrected chi connectivity index (χ2v) is 7.51. The fourth-order valence-electron chi connectivity index (χ4n) is 2.56. The monoisotopic (exact) mass is 388 g/mol. The van der Waals surface area contributed by atoms with E-state index in [0.717, 1.165) is 21.1 Å². The Kier molecular flexibility index (Phi) is 5.90. The van der Waals surface area contributed by atoms with E-state index >= 15 is 0 Å². The van der Waals surface area contributed by atoms with Crippen molar-refractivity contribution in [1.82, 2.24) is 10.3 Å². The van der Waals surface area contributed by atoms with Crippen LogP contribution in [0.25, 0.3) is 9.88 Å². The Morgan fingerprint density at radius 2 is 2.00 bits per heavy atom. The summed E-state index contributed by atoms with van der Waals surface area (Å²) in [6, 6.07) is 9.53. The normalized spacial score (nSPS) is 11.8. The molecule has 136 valence electrons. The maximum Gasteiger partial charge on any atom is 0.226 e. The molecular weight excluding hydrogens is 368 g/mol. The van der Waals surface area contributed by atoms with Gasteiger partial charge in [0.2, 0.25) is 5.91 Å². The first kappa shape index (κ1) is 18.4. The highest BCUT2D eigenvalue weighted by Gasteiger charge is 2.15. The van der Waals surface area contributed by atoms with Crippen LogP contribution in [0, 0.1) is 0 Å². The molecule has 1 unspecified atom stereocenters. The summed E-state index contributed by atoms with van der Waals surface area (Å²) >= 11 is 3.21. The van der Waals surface area contributed by atoms with Crippen LogP contribution < -0.4 is 14.8 Å². The van der Waals surface area contributed by atoms with E-state index in [2.05, 4.69) is 10.3 Å². The lowest BCUT2D eigenvalue weighted by Crippen LogP contribution is -2.28. The largest absolute Gasteiger partial charge is 0.493 e. The third-order valence-corrected chi connectivity index (χ3v) is 5.84. The Balaban J connectivity index is 1.63. The first-order valence-corrected chi connectivity index (χ1v) is 9.86. The lowest BCUT2D eigenvalue weighted by molar-refractivity contribution is -0.121. The predicted octanol–water partition coefficient (Wildman–Crippen LogP) is 4.31. The average Bonchev–Trinajstić information content (AvgIpc) is 3.32. The molecular formula is C19H20N2O3S2. The number of thiazole rings is 1. The van der Waals surface area contributed by atoms with Crippen LogP contribution >= 0.6 is 22.7 Å². The molecule has 2 aromatic heterocycles. The van der Waals surface area contributed by atoms with Crippen LogP contribution in [0.4, 0.5) is 0 Å². The van der Waals surface area contributed by atoms with Crippen molar-refractivity contribution < 1.29 is 14.3 Å². The minimum absolute atomic E-state index is 0.0599. The van der Waals surface area contributed by atoms with Gasteiger partial charge in [-0.2, -0.15) is 0 Å². The van der Waals surface area contributed by atoms with E-state index in [1.54, 1.807) is 36.9 Å². The number of carbonyl (C=O) groups excluding carboxylic acids is 1. The first-order valence-electron chi connectivity index (χ1n) is 8.10. The molecule has 0 fully saturated rings. The number of nitrogens with one attached hydrogen (secondary N) is 1. The highest BCUT2D eigenvalue weighted by molar-refractivity contribution is 7.20. The molecule has 1 N–H and O–H groups in total. The minimum Gasteiger partial charge on any atom is -0.493 e. The maximum atomic E-state index is 12.4. The summed E-state index contributed by atoms with van der Waals surface area (Å²) in [5.41, 5.74) is 1.74. The summed E-state index contributed by atoms with van der Waals surface area (Å²) in [5.74, 6) is 1.25. The van der Waals surface area contributed by atoms with Gasteiger partial charge in [0.15, 0.2) is 11.5 Å². The van der Waals surface area contributed by atoms with Crippen molar-refractivity contribution in [2.75, 3.05) is 14.2 Å². The zero-order valence-corrected chi connectivity index (χ0v) is 16.4. The average molecular weight is 389 g/mol. The SMILES string of the molecule is COc1ccc(C(C)NC(=O)Cc2csc(-c3cccs3)n2)cc1OC. The number of ether oxygens (including phenoxy) is 2. The molecule has 2 heterocycles. The van der Waals surface area contributed by atoms with Crippen molar-refractivity contribution in [2.45, 2.75) is 19.4 Å². The van der Waals surface area contributed by atoms with Gasteiger partial charge in [-0.05, 0) is 36.1 Å². The standard InChI is InChI=1S/C19H20N2O3S2/c1-12(13-6-7-15(23-2)16(9-13)24-3)20-18(22)10-14-11-26-19(21-14)17-5-4-8-25-17/h4-9,11-12H,10H2,1-3H3,(H,20,22). The predicted molar refractivity (Wildman–Crippen MR) is 105 cm³/mol. The van der Waals surface area contributed by atoms with Gasteiger partial charge in [0.25, 0.3) is 0 Å². The second kappa shape index (κ2) is 8.33. The van der Waals surface area contributed by atoms with Crippen LogP contribution in [0.3, 0.4) is 0 Å². The number of carbonyl (C=O) groups is 1. The van der Waals surface area contributed by atoms with Gasteiger partial charge in [-0.1, -0.05) is 12.1 Å². The number of aromatic nitrogens is 1. The Bertz CT molecular complexity index is 875. The molecule has 26 heavy (non-hydrogen) atoms. The number of hydrogen-bond acceptors (Lipinski definition) is 6. The van der Waals surface area contributed by atoms with Crippen LogP contribution in [0.5, 0.6) is 11.5 Å². The van der Waals surface area contributed by atoms with Gasteiger partial charge in [-0.25, -0.2) is 4.98 Å². The van der Waals surface area contributed by atoms with E-state index in [0.29, 0.717) is 11.5 Å². The third-order valence-electron chi connectivity index (χ3n) is 3.91. The number of rotatable bonds is 7. The number of methoxy groups -OCH3 is 2. The lowest BCUT2D eigenvalue weighted by Gasteiger charge is -2.16. The smallest absolute Gasteiger partial charge is 0.226 e. The quantitative estimate of drug-likeness (QED) is 0.655. The van der Waals surface area contributed by atoms with Crippen LogP contribution in [-0.4, -0.2) is 25.1 Å². The molecule has 0 bridgehead atoms. The van der Waals surface area contributed by atoms with Crippen molar-refractivity contribution in [2.24, 2.45) is 0 Å². The van der Waals surface area contributed by atoms with E-state index in [9.17, 15) is 4.79 Å². The molecule has 3 aromatic rings. The fraction of sp³-hybridized carbons (Fsp3) is 0.263. The minimum atomic E-state index is -0.141. The number of hydrogen-bond donors (Lipinski definition) is 1. The number of nitrogens with zero attached hydrogens (tertiary/aromatic N) is 1. The Morgan fingerprint density at radius 3 is 2.69 bits per heavy atom. The van der Waals surface area contributed by atoms with Gasteiger partial charge in [0.05, 0.1) is 37.3 Å². The van der Waals surface area contributed by atoms with Crippen molar-refractivity contribution in [3.05, 3.63) is 52.3 Å². The molecule has 0 radical (unpaired) electrons. The van der Waals surface area contributed by atoms with E-state index < -0.39 is 0 Å². The van der Waals surface area contributed by atoms with E-state index in [4.69, 9.17) is 9.47 Å². The van der Waals surface area contributed by atoms with Crippen molar-refractivity contribution in [1.29, 1.82) is 0 Å². The van der Waals surface area contributed by atoms with Gasteiger partial charge < -0.3 is 14.8 Å². The first-order chi connectivity index (χ1) is 12.6. The van der Waals surface area contributed by atoms with E-state index in [-0.39, 0.29) is 18.4 Å². The van der Waals surface area contributed by atoms with Gasteiger partial charge >= 0.3 is 0 Å². The summed E-state index contributed by atoms with van der Waals surface area (Å²) in [6.07, 6.45) is 0.263. The summed E-state index contributed by atoms with van der Waals surface area (Å²) in [7, 11) is 3.19. The zero-order chi connectivity index (χ0) is 18.5. The summed E-state index contributed by atoms with van der Waals surface area (Å²) in [5, 5.41) is 7.93. The van der Waals surface area contributed by atoms with Crippen LogP contribution in [0.1, 0.15) is 24.2 Å². The van der Waals surface area contributed by atoms with Gasteiger partial charge in [0.1, 0.15) is 5.01 Å². The molecule has 0 aliphatic carbocycles. The second-order valence-electron chi connectivity index (χ2n) is 5.70. The maximum absolute atomic E-state index is 12.4. The van der Waals surface area contributed by atoms with Crippen LogP contribution in [0.2, 0.25) is 0 Å². The van der Waals surface area contributed by atoms with Crippen molar-refractivity contribution in [3.63, 3.8) is 0 Å². The summed E-state index contributed by atoms with van der Waals surface area (Å²) in [4.78, 5) is 18.0. The van der Waals surface area contributed by atoms with Crippen molar-refractivity contribution >= 4 is 28.6 Å². The molecule has 0 aliphatic rings. The van der Waals surface area contributed by atoms with Crippen molar-refractivity contribution in [3.8, 4) is 21.4 Å². The number of amides is 1. The molecule has 0 saturated heterocycles. The lowest BCUT2D eigenvalue weighted by atomic mass is 10.1. The Hall–Kier alpha value is -2.38. The van der Waals surface area contributed by atoms with E-state index in [1.807, 2.05) is 48.0 Å².